The third-order valence-electron chi connectivity index (χ3n) is 2.63. The first kappa shape index (κ1) is 10.6. The van der Waals surface area contributed by atoms with Crippen LogP contribution in [0.5, 0.6) is 0 Å². The molecule has 0 radical (unpaired) electrons. The molecule has 0 unspecified atom stereocenters. The van der Waals surface area contributed by atoms with Crippen molar-refractivity contribution in [2.45, 2.75) is 18.9 Å². The van der Waals surface area contributed by atoms with Gasteiger partial charge in [-0.3, -0.25) is 10.1 Å². The normalized spacial score (nSPS) is 14.6. The van der Waals surface area contributed by atoms with Crippen molar-refractivity contribution in [2.24, 2.45) is 5.84 Å². The molecule has 1 heterocycles. The minimum Gasteiger partial charge on any atom is -0.351 e. The van der Waals surface area contributed by atoms with Crippen molar-refractivity contribution < 1.29 is 4.92 Å². The molecule has 0 saturated heterocycles. The smallest absolute Gasteiger partial charge is 0.311 e. The predicted octanol–water partition coefficient (Wildman–Crippen LogP) is 0.874. The van der Waals surface area contributed by atoms with E-state index in [-0.39, 0.29) is 5.69 Å². The molecule has 1 saturated carbocycles. The third-order valence-corrected chi connectivity index (χ3v) is 2.63. The van der Waals surface area contributed by atoms with E-state index >= 15 is 0 Å². The largest absolute Gasteiger partial charge is 0.351 e. The van der Waals surface area contributed by atoms with Gasteiger partial charge in [-0.2, -0.15) is 0 Å². The predicted molar refractivity (Wildman–Crippen MR) is 60.1 cm³/mol. The maximum Gasteiger partial charge on any atom is 0.311 e. The molecule has 2 rings (SSSR count). The number of hydrazine groups is 1. The van der Waals surface area contributed by atoms with Crippen molar-refractivity contribution in [3.05, 3.63) is 22.2 Å². The first-order chi connectivity index (χ1) is 7.63. The van der Waals surface area contributed by atoms with Crippen molar-refractivity contribution >= 4 is 17.3 Å². The second-order valence-electron chi connectivity index (χ2n) is 3.78. The van der Waals surface area contributed by atoms with Gasteiger partial charge >= 0.3 is 5.69 Å². The van der Waals surface area contributed by atoms with Crippen LogP contribution in [0.2, 0.25) is 0 Å². The Kier molecular flexibility index (Phi) is 2.61. The Morgan fingerprint density at radius 2 is 2.31 bits per heavy atom. The van der Waals surface area contributed by atoms with Gasteiger partial charge in [0.15, 0.2) is 0 Å². The number of anilines is 2. The molecular formula is C9H13N5O2. The number of pyridine rings is 1. The van der Waals surface area contributed by atoms with Gasteiger partial charge in [-0.05, 0) is 18.9 Å². The molecule has 1 aromatic heterocycles. The quantitative estimate of drug-likeness (QED) is 0.446. The maximum atomic E-state index is 10.9. The van der Waals surface area contributed by atoms with Crippen LogP contribution in [0.25, 0.3) is 0 Å². The number of hydrogen-bond donors (Lipinski definition) is 2. The number of rotatable bonds is 4. The van der Waals surface area contributed by atoms with Crippen LogP contribution in [0.4, 0.5) is 17.3 Å². The molecule has 0 aliphatic heterocycles. The van der Waals surface area contributed by atoms with E-state index in [1.54, 1.807) is 0 Å². The first-order valence-electron chi connectivity index (χ1n) is 4.98. The van der Waals surface area contributed by atoms with Crippen molar-refractivity contribution in [1.29, 1.82) is 0 Å². The van der Waals surface area contributed by atoms with Crippen LogP contribution in [-0.2, 0) is 0 Å². The molecule has 0 amide bonds. The summed E-state index contributed by atoms with van der Waals surface area (Å²) in [5.41, 5.74) is 2.40. The summed E-state index contributed by atoms with van der Waals surface area (Å²) >= 11 is 0. The second-order valence-corrected chi connectivity index (χ2v) is 3.78. The molecule has 3 N–H and O–H groups in total. The number of nitrogen functional groups attached to an aromatic ring is 1. The van der Waals surface area contributed by atoms with Gasteiger partial charge in [-0.1, -0.05) is 0 Å². The summed E-state index contributed by atoms with van der Waals surface area (Å²) < 4.78 is 0. The highest BCUT2D eigenvalue weighted by Gasteiger charge is 2.31. The van der Waals surface area contributed by atoms with E-state index in [9.17, 15) is 10.1 Å². The molecular weight excluding hydrogens is 210 g/mol. The van der Waals surface area contributed by atoms with Crippen LogP contribution in [0.1, 0.15) is 12.8 Å². The summed E-state index contributed by atoms with van der Waals surface area (Å²) in [4.78, 5) is 16.4. The lowest BCUT2D eigenvalue weighted by Crippen LogP contribution is -2.22. The summed E-state index contributed by atoms with van der Waals surface area (Å²) in [6, 6.07) is 3.26. The molecule has 0 spiro atoms. The molecule has 0 atom stereocenters. The first-order valence-corrected chi connectivity index (χ1v) is 4.98. The van der Waals surface area contributed by atoms with Crippen LogP contribution in [0.15, 0.2) is 12.1 Å². The van der Waals surface area contributed by atoms with Gasteiger partial charge in [-0.15, -0.1) is 0 Å². The third kappa shape index (κ3) is 1.89. The molecule has 16 heavy (non-hydrogen) atoms. The number of nitro groups is 1. The molecule has 1 aliphatic carbocycles. The standard InChI is InChI=1S/C9H13N5O2/c1-13(6-2-3-6)9-7(14(15)16)4-5-8(11-9)12-10/h4-6H,2-3,10H2,1H3,(H,11,12). The minimum atomic E-state index is -0.429. The lowest BCUT2D eigenvalue weighted by molar-refractivity contribution is -0.384. The number of nitrogens with one attached hydrogen (secondary N) is 1. The van der Waals surface area contributed by atoms with E-state index in [1.165, 1.54) is 12.1 Å². The molecule has 7 heteroatoms. The molecule has 0 bridgehead atoms. The Labute approximate surface area is 92.4 Å². The Morgan fingerprint density at radius 3 is 2.81 bits per heavy atom. The fourth-order valence-corrected chi connectivity index (χ4v) is 1.56. The van der Waals surface area contributed by atoms with Gasteiger partial charge < -0.3 is 10.3 Å². The van der Waals surface area contributed by atoms with E-state index < -0.39 is 4.92 Å². The monoisotopic (exact) mass is 223 g/mol. The topological polar surface area (TPSA) is 97.3 Å². The van der Waals surface area contributed by atoms with Gasteiger partial charge in [0.25, 0.3) is 0 Å². The number of nitrogens with zero attached hydrogens (tertiary/aromatic N) is 3. The molecule has 1 aromatic rings. The van der Waals surface area contributed by atoms with E-state index in [1.807, 2.05) is 11.9 Å². The van der Waals surface area contributed by atoms with Gasteiger partial charge in [0, 0.05) is 19.2 Å². The molecule has 7 nitrogen and oxygen atoms in total. The fraction of sp³-hybridized carbons (Fsp3) is 0.444. The lowest BCUT2D eigenvalue weighted by Gasteiger charge is -2.17. The molecule has 1 fully saturated rings. The van der Waals surface area contributed by atoms with Crippen molar-refractivity contribution in [3.63, 3.8) is 0 Å². The Bertz CT molecular complexity index is 418. The van der Waals surface area contributed by atoms with Gasteiger partial charge in [0.2, 0.25) is 5.82 Å². The van der Waals surface area contributed by atoms with Crippen molar-refractivity contribution in [3.8, 4) is 0 Å². The van der Waals surface area contributed by atoms with Crippen LogP contribution >= 0.6 is 0 Å². The van der Waals surface area contributed by atoms with Gasteiger partial charge in [0.1, 0.15) is 5.82 Å². The Hall–Kier alpha value is -1.89. The van der Waals surface area contributed by atoms with Crippen molar-refractivity contribution in [2.75, 3.05) is 17.4 Å². The van der Waals surface area contributed by atoms with Crippen LogP contribution in [0, 0.1) is 10.1 Å². The molecule has 1 aliphatic rings. The van der Waals surface area contributed by atoms with E-state index in [4.69, 9.17) is 5.84 Å². The van der Waals surface area contributed by atoms with E-state index in [0.717, 1.165) is 12.8 Å². The summed E-state index contributed by atoms with van der Waals surface area (Å²) in [5.74, 6) is 6.02. The zero-order valence-corrected chi connectivity index (χ0v) is 8.88. The number of nitrogens with two attached hydrogens (primary N) is 1. The highest BCUT2D eigenvalue weighted by molar-refractivity contribution is 5.62. The highest BCUT2D eigenvalue weighted by atomic mass is 16.6. The van der Waals surface area contributed by atoms with Crippen LogP contribution in [0.3, 0.4) is 0 Å². The zero-order valence-electron chi connectivity index (χ0n) is 8.88. The average molecular weight is 223 g/mol. The number of hydrogen-bond acceptors (Lipinski definition) is 6. The fourth-order valence-electron chi connectivity index (χ4n) is 1.56. The van der Waals surface area contributed by atoms with Gasteiger partial charge in [0.05, 0.1) is 4.92 Å². The minimum absolute atomic E-state index is 0.00778. The summed E-state index contributed by atoms with van der Waals surface area (Å²) in [7, 11) is 1.81. The maximum absolute atomic E-state index is 10.9. The Balaban J connectivity index is 2.40. The second kappa shape index (κ2) is 3.93. The zero-order chi connectivity index (χ0) is 11.7. The highest BCUT2D eigenvalue weighted by Crippen LogP contribution is 2.34. The van der Waals surface area contributed by atoms with E-state index in [0.29, 0.717) is 17.7 Å². The summed E-state index contributed by atoms with van der Waals surface area (Å²) in [6.45, 7) is 0. The van der Waals surface area contributed by atoms with Crippen LogP contribution in [-0.4, -0.2) is 23.0 Å². The van der Waals surface area contributed by atoms with Crippen LogP contribution < -0.4 is 16.2 Å². The SMILES string of the molecule is CN(c1nc(NN)ccc1[N+](=O)[O-])C1CC1. The summed E-state index contributed by atoms with van der Waals surface area (Å²) in [6.07, 6.45) is 2.10. The molecule has 0 aromatic carbocycles. The van der Waals surface area contributed by atoms with Crippen molar-refractivity contribution in [1.82, 2.24) is 4.98 Å². The Morgan fingerprint density at radius 1 is 1.62 bits per heavy atom. The number of aromatic nitrogens is 1. The molecule has 86 valence electrons. The average Bonchev–Trinajstić information content (AvgIpc) is 3.11. The summed E-state index contributed by atoms with van der Waals surface area (Å²) in [5, 5.41) is 10.9. The van der Waals surface area contributed by atoms with E-state index in [2.05, 4.69) is 10.4 Å². The lowest BCUT2D eigenvalue weighted by atomic mass is 10.3. The van der Waals surface area contributed by atoms with Gasteiger partial charge in [-0.25, -0.2) is 10.8 Å².